The highest BCUT2D eigenvalue weighted by Crippen LogP contribution is 2.17. The maximum Gasteiger partial charge on any atom is 0.260 e. The van der Waals surface area contributed by atoms with Gasteiger partial charge >= 0.3 is 0 Å². The Morgan fingerprint density at radius 3 is 2.84 bits per heavy atom. The summed E-state index contributed by atoms with van der Waals surface area (Å²) in [6.07, 6.45) is 5.23. The molecule has 0 bridgehead atoms. The van der Waals surface area contributed by atoms with E-state index in [4.69, 9.17) is 0 Å². The van der Waals surface area contributed by atoms with E-state index in [1.165, 1.54) is 6.20 Å². The molecule has 1 heterocycles. The molecule has 0 saturated heterocycles. The molecular formula is C12H21N3O2S2. The van der Waals surface area contributed by atoms with Gasteiger partial charge < -0.3 is 5.32 Å². The second-order valence-corrected chi connectivity index (χ2v) is 6.69. The van der Waals surface area contributed by atoms with Crippen LogP contribution in [0.25, 0.3) is 0 Å². The molecule has 0 spiro atoms. The van der Waals surface area contributed by atoms with Crippen molar-refractivity contribution in [3.63, 3.8) is 0 Å². The van der Waals surface area contributed by atoms with E-state index in [1.807, 2.05) is 13.2 Å². The van der Waals surface area contributed by atoms with Gasteiger partial charge in [-0.15, -0.1) is 0 Å². The van der Waals surface area contributed by atoms with Crippen LogP contribution in [0.1, 0.15) is 19.8 Å². The number of sulfonamides is 1. The lowest BCUT2D eigenvalue weighted by atomic mass is 10.4. The van der Waals surface area contributed by atoms with Crippen LogP contribution in [0.3, 0.4) is 0 Å². The van der Waals surface area contributed by atoms with Gasteiger partial charge in [0.2, 0.25) is 0 Å². The molecule has 1 rings (SSSR count). The SMILES string of the molecule is CCCNc1cccnc1S(=O)(=O)NCCCSC. The van der Waals surface area contributed by atoms with Crippen molar-refractivity contribution in [3.05, 3.63) is 18.3 Å². The Labute approximate surface area is 119 Å². The maximum absolute atomic E-state index is 12.2. The van der Waals surface area contributed by atoms with E-state index < -0.39 is 10.0 Å². The number of thioether (sulfide) groups is 1. The number of pyridine rings is 1. The first-order valence-electron chi connectivity index (χ1n) is 6.29. The van der Waals surface area contributed by atoms with Gasteiger partial charge in [-0.3, -0.25) is 0 Å². The zero-order chi connectivity index (χ0) is 14.1. The molecule has 0 aliphatic rings. The van der Waals surface area contributed by atoms with Crippen LogP contribution in [-0.4, -0.2) is 38.5 Å². The molecule has 0 aliphatic carbocycles. The number of nitrogens with zero attached hydrogens (tertiary/aromatic N) is 1. The lowest BCUT2D eigenvalue weighted by Gasteiger charge is -2.11. The minimum absolute atomic E-state index is 0.0765. The number of aromatic nitrogens is 1. The predicted molar refractivity (Wildman–Crippen MR) is 81.2 cm³/mol. The van der Waals surface area contributed by atoms with Gasteiger partial charge in [-0.2, -0.15) is 11.8 Å². The van der Waals surface area contributed by atoms with Gasteiger partial charge in [0.1, 0.15) is 0 Å². The van der Waals surface area contributed by atoms with E-state index in [1.54, 1.807) is 23.9 Å². The number of anilines is 1. The minimum atomic E-state index is -3.53. The molecule has 0 radical (unpaired) electrons. The Morgan fingerprint density at radius 2 is 2.16 bits per heavy atom. The molecule has 0 fully saturated rings. The summed E-state index contributed by atoms with van der Waals surface area (Å²) in [6, 6.07) is 3.46. The number of nitrogens with one attached hydrogen (secondary N) is 2. The molecule has 5 nitrogen and oxygen atoms in total. The van der Waals surface area contributed by atoms with Crippen LogP contribution in [0.5, 0.6) is 0 Å². The summed E-state index contributed by atoms with van der Waals surface area (Å²) < 4.78 is 26.9. The third-order valence-electron chi connectivity index (χ3n) is 2.41. The van der Waals surface area contributed by atoms with Crippen molar-refractivity contribution in [3.8, 4) is 0 Å². The average Bonchev–Trinajstić information content (AvgIpc) is 2.41. The Balaban J connectivity index is 2.76. The Bertz CT molecular complexity index is 478. The van der Waals surface area contributed by atoms with Crippen molar-refractivity contribution in [2.24, 2.45) is 0 Å². The highest BCUT2D eigenvalue weighted by molar-refractivity contribution is 7.98. The summed E-state index contributed by atoms with van der Waals surface area (Å²) >= 11 is 1.70. The highest BCUT2D eigenvalue weighted by atomic mass is 32.2. The molecule has 0 aromatic carbocycles. The van der Waals surface area contributed by atoms with Gasteiger partial charge in [0.15, 0.2) is 5.03 Å². The van der Waals surface area contributed by atoms with Gasteiger partial charge in [0.25, 0.3) is 10.0 Å². The van der Waals surface area contributed by atoms with E-state index in [-0.39, 0.29) is 5.03 Å². The summed E-state index contributed by atoms with van der Waals surface area (Å²) in [6.45, 7) is 3.19. The quantitative estimate of drug-likeness (QED) is 0.682. The molecular weight excluding hydrogens is 282 g/mol. The van der Waals surface area contributed by atoms with Crippen LogP contribution >= 0.6 is 11.8 Å². The number of rotatable bonds is 9. The monoisotopic (exact) mass is 303 g/mol. The summed E-state index contributed by atoms with van der Waals surface area (Å²) in [4.78, 5) is 3.98. The molecule has 19 heavy (non-hydrogen) atoms. The zero-order valence-electron chi connectivity index (χ0n) is 11.3. The van der Waals surface area contributed by atoms with Crippen LogP contribution in [-0.2, 0) is 10.0 Å². The van der Waals surface area contributed by atoms with Crippen molar-refractivity contribution >= 4 is 27.5 Å². The largest absolute Gasteiger partial charge is 0.383 e. The van der Waals surface area contributed by atoms with Gasteiger partial charge in [-0.1, -0.05) is 6.92 Å². The standard InChI is InChI=1S/C12H21N3O2S2/c1-3-7-13-11-6-4-8-14-12(11)19(16,17)15-9-5-10-18-2/h4,6,8,13,15H,3,5,7,9-10H2,1-2H3. The molecule has 0 saturated carbocycles. The van der Waals surface area contributed by atoms with Crippen molar-refractivity contribution in [1.29, 1.82) is 0 Å². The fraction of sp³-hybridized carbons (Fsp3) is 0.583. The van der Waals surface area contributed by atoms with Gasteiger partial charge in [0, 0.05) is 19.3 Å². The maximum atomic E-state index is 12.2. The van der Waals surface area contributed by atoms with Crippen molar-refractivity contribution < 1.29 is 8.42 Å². The van der Waals surface area contributed by atoms with Crippen LogP contribution in [0, 0.1) is 0 Å². The van der Waals surface area contributed by atoms with Crippen molar-refractivity contribution in [2.75, 3.05) is 30.4 Å². The number of hydrogen-bond acceptors (Lipinski definition) is 5. The van der Waals surface area contributed by atoms with Gasteiger partial charge in [-0.25, -0.2) is 18.1 Å². The molecule has 7 heteroatoms. The number of hydrogen-bond donors (Lipinski definition) is 2. The second kappa shape index (κ2) is 8.39. The topological polar surface area (TPSA) is 71.1 Å². The molecule has 1 aromatic heterocycles. The highest BCUT2D eigenvalue weighted by Gasteiger charge is 2.19. The summed E-state index contributed by atoms with van der Waals surface area (Å²) in [5.74, 6) is 0.936. The normalized spacial score (nSPS) is 11.5. The fourth-order valence-electron chi connectivity index (χ4n) is 1.49. The third kappa shape index (κ3) is 5.38. The van der Waals surface area contributed by atoms with E-state index in [0.717, 1.165) is 25.1 Å². The molecule has 0 unspecified atom stereocenters. The van der Waals surface area contributed by atoms with Gasteiger partial charge in [-0.05, 0) is 37.0 Å². The van der Waals surface area contributed by atoms with Crippen molar-refractivity contribution in [1.82, 2.24) is 9.71 Å². The summed E-state index contributed by atoms with van der Waals surface area (Å²) in [5, 5.41) is 3.16. The first-order valence-corrected chi connectivity index (χ1v) is 9.17. The van der Waals surface area contributed by atoms with Crippen LogP contribution in [0.15, 0.2) is 23.4 Å². The summed E-state index contributed by atoms with van der Waals surface area (Å²) in [5.41, 5.74) is 0.557. The fourth-order valence-corrected chi connectivity index (χ4v) is 3.10. The molecule has 0 atom stereocenters. The zero-order valence-corrected chi connectivity index (χ0v) is 13.0. The van der Waals surface area contributed by atoms with E-state index >= 15 is 0 Å². The van der Waals surface area contributed by atoms with E-state index in [9.17, 15) is 8.42 Å². The van der Waals surface area contributed by atoms with E-state index in [2.05, 4.69) is 15.0 Å². The van der Waals surface area contributed by atoms with Crippen LogP contribution < -0.4 is 10.0 Å². The minimum Gasteiger partial charge on any atom is -0.383 e. The predicted octanol–water partition coefficient (Wildman–Crippen LogP) is 1.93. The van der Waals surface area contributed by atoms with Crippen molar-refractivity contribution in [2.45, 2.75) is 24.8 Å². The smallest absolute Gasteiger partial charge is 0.260 e. The Morgan fingerprint density at radius 1 is 1.37 bits per heavy atom. The Hall–Kier alpha value is -0.790. The second-order valence-electron chi connectivity index (χ2n) is 4.03. The first kappa shape index (κ1) is 16.3. The average molecular weight is 303 g/mol. The molecule has 1 aromatic rings. The first-order chi connectivity index (χ1) is 9.11. The Kier molecular flexibility index (Phi) is 7.19. The molecule has 0 aliphatic heterocycles. The molecule has 108 valence electrons. The lowest BCUT2D eigenvalue weighted by molar-refractivity contribution is 0.577. The van der Waals surface area contributed by atoms with Gasteiger partial charge in [0.05, 0.1) is 5.69 Å². The van der Waals surface area contributed by atoms with Crippen LogP contribution in [0.2, 0.25) is 0 Å². The van der Waals surface area contributed by atoms with Crippen LogP contribution in [0.4, 0.5) is 5.69 Å². The molecule has 0 amide bonds. The lowest BCUT2D eigenvalue weighted by Crippen LogP contribution is -2.27. The third-order valence-corrected chi connectivity index (χ3v) is 4.52. The molecule has 2 N–H and O–H groups in total. The summed E-state index contributed by atoms with van der Waals surface area (Å²) in [7, 11) is -3.53. The van der Waals surface area contributed by atoms with E-state index in [0.29, 0.717) is 12.2 Å².